The quantitative estimate of drug-likeness (QED) is 0.793. The molecule has 2 amide bonds. The minimum Gasteiger partial charge on any atom is -0.369 e. The molecule has 1 atom stereocenters. The van der Waals surface area contributed by atoms with E-state index in [0.29, 0.717) is 0 Å². The van der Waals surface area contributed by atoms with E-state index in [-0.39, 0.29) is 30.2 Å². The van der Waals surface area contributed by atoms with Gasteiger partial charge in [0.05, 0.1) is 12.6 Å². The van der Waals surface area contributed by atoms with Crippen LogP contribution in [0.25, 0.3) is 0 Å². The van der Waals surface area contributed by atoms with Crippen LogP contribution in [0, 0.1) is 12.7 Å². The first-order valence-corrected chi connectivity index (χ1v) is 10.2. The van der Waals surface area contributed by atoms with E-state index < -0.39 is 0 Å². The number of nitrogens with zero attached hydrogens (tertiary/aromatic N) is 3. The van der Waals surface area contributed by atoms with Crippen LogP contribution in [0.1, 0.15) is 12.5 Å². The first-order chi connectivity index (χ1) is 14.3. The molecule has 2 aromatic carbocycles. The molecule has 0 aromatic heterocycles. The molecule has 0 saturated carbocycles. The number of hydrogen-bond donors (Lipinski definition) is 1. The number of likely N-dealkylation sites (N-methyl/N-ethyl adjacent to an activating group) is 1. The number of halogens is 1. The minimum absolute atomic E-state index is 0.00654. The Morgan fingerprint density at radius 3 is 2.23 bits per heavy atom. The van der Waals surface area contributed by atoms with Gasteiger partial charge in [0.2, 0.25) is 11.8 Å². The van der Waals surface area contributed by atoms with E-state index in [4.69, 9.17) is 0 Å². The molecule has 0 radical (unpaired) electrons. The van der Waals surface area contributed by atoms with Crippen LogP contribution in [0.5, 0.6) is 0 Å². The third kappa shape index (κ3) is 5.57. The SMILES string of the molecule is Cc1ccc(NC(=O)CN(C)C(=O)[C@H](C)N2CCN(c3ccc(F)cc3)CC2)cc1. The number of piperazine rings is 1. The molecule has 1 aliphatic rings. The number of rotatable bonds is 6. The number of nitrogens with one attached hydrogen (secondary N) is 1. The van der Waals surface area contributed by atoms with Crippen molar-refractivity contribution in [3.63, 3.8) is 0 Å². The summed E-state index contributed by atoms with van der Waals surface area (Å²) in [5.41, 5.74) is 2.82. The molecule has 0 spiro atoms. The van der Waals surface area contributed by atoms with Gasteiger partial charge in [0.25, 0.3) is 0 Å². The van der Waals surface area contributed by atoms with Crippen LogP contribution in [0.4, 0.5) is 15.8 Å². The zero-order valence-electron chi connectivity index (χ0n) is 17.8. The van der Waals surface area contributed by atoms with Crippen LogP contribution < -0.4 is 10.2 Å². The van der Waals surface area contributed by atoms with Crippen molar-refractivity contribution in [2.45, 2.75) is 19.9 Å². The molecule has 0 aliphatic carbocycles. The Labute approximate surface area is 177 Å². The maximum atomic E-state index is 13.1. The molecule has 2 aromatic rings. The molecule has 0 unspecified atom stereocenters. The van der Waals surface area contributed by atoms with E-state index in [1.807, 2.05) is 38.1 Å². The number of hydrogen-bond acceptors (Lipinski definition) is 4. The van der Waals surface area contributed by atoms with Crippen LogP contribution in [0.15, 0.2) is 48.5 Å². The van der Waals surface area contributed by atoms with Gasteiger partial charge in [-0.25, -0.2) is 4.39 Å². The molecule has 7 heteroatoms. The maximum absolute atomic E-state index is 13.1. The molecule has 160 valence electrons. The van der Waals surface area contributed by atoms with Crippen LogP contribution in [-0.2, 0) is 9.59 Å². The molecule has 6 nitrogen and oxygen atoms in total. The third-order valence-electron chi connectivity index (χ3n) is 5.50. The minimum atomic E-state index is -0.308. The summed E-state index contributed by atoms with van der Waals surface area (Å²) in [7, 11) is 1.66. The summed E-state index contributed by atoms with van der Waals surface area (Å²) in [5, 5.41) is 2.82. The fourth-order valence-corrected chi connectivity index (χ4v) is 3.63. The summed E-state index contributed by atoms with van der Waals surface area (Å²) < 4.78 is 13.1. The van der Waals surface area contributed by atoms with Gasteiger partial charge in [-0.2, -0.15) is 0 Å². The van der Waals surface area contributed by atoms with E-state index in [0.717, 1.165) is 43.1 Å². The van der Waals surface area contributed by atoms with Gasteiger partial charge in [-0.3, -0.25) is 14.5 Å². The van der Waals surface area contributed by atoms with Crippen molar-refractivity contribution in [3.05, 3.63) is 59.9 Å². The number of amides is 2. The predicted octanol–water partition coefficient (Wildman–Crippen LogP) is 2.74. The maximum Gasteiger partial charge on any atom is 0.243 e. The lowest BCUT2D eigenvalue weighted by Gasteiger charge is -2.39. The molecule has 0 bridgehead atoms. The molecule has 1 aliphatic heterocycles. The second kappa shape index (κ2) is 9.71. The lowest BCUT2D eigenvalue weighted by Crippen LogP contribution is -2.54. The van der Waals surface area contributed by atoms with Gasteiger partial charge >= 0.3 is 0 Å². The molecule has 1 fully saturated rings. The highest BCUT2D eigenvalue weighted by molar-refractivity contribution is 5.95. The molecule has 1 N–H and O–H groups in total. The Balaban J connectivity index is 1.48. The zero-order valence-corrected chi connectivity index (χ0v) is 17.8. The van der Waals surface area contributed by atoms with Gasteiger partial charge in [-0.1, -0.05) is 17.7 Å². The van der Waals surface area contributed by atoms with Crippen molar-refractivity contribution in [2.24, 2.45) is 0 Å². The number of benzene rings is 2. The first-order valence-electron chi connectivity index (χ1n) is 10.2. The van der Waals surface area contributed by atoms with Crippen molar-refractivity contribution in [1.29, 1.82) is 0 Å². The van der Waals surface area contributed by atoms with E-state index in [1.54, 1.807) is 19.2 Å². The van der Waals surface area contributed by atoms with E-state index in [9.17, 15) is 14.0 Å². The third-order valence-corrected chi connectivity index (χ3v) is 5.50. The highest BCUT2D eigenvalue weighted by Gasteiger charge is 2.28. The fraction of sp³-hybridized carbons (Fsp3) is 0.391. The summed E-state index contributed by atoms with van der Waals surface area (Å²) in [4.78, 5) is 30.9. The van der Waals surface area contributed by atoms with Gasteiger partial charge < -0.3 is 15.1 Å². The average molecular weight is 413 g/mol. The van der Waals surface area contributed by atoms with Crippen molar-refractivity contribution in [2.75, 3.05) is 50.0 Å². The van der Waals surface area contributed by atoms with E-state index in [1.165, 1.54) is 17.0 Å². The van der Waals surface area contributed by atoms with E-state index >= 15 is 0 Å². The summed E-state index contributed by atoms with van der Waals surface area (Å²) in [6.45, 7) is 6.86. The number of aryl methyl sites for hydroxylation is 1. The summed E-state index contributed by atoms with van der Waals surface area (Å²) >= 11 is 0. The lowest BCUT2D eigenvalue weighted by atomic mass is 10.2. The van der Waals surface area contributed by atoms with Crippen LogP contribution >= 0.6 is 0 Å². The number of anilines is 2. The smallest absolute Gasteiger partial charge is 0.243 e. The predicted molar refractivity (Wildman–Crippen MR) is 117 cm³/mol. The molecule has 1 heterocycles. The Morgan fingerprint density at radius 1 is 1.03 bits per heavy atom. The van der Waals surface area contributed by atoms with Crippen LogP contribution in [0.3, 0.4) is 0 Å². The first kappa shape index (κ1) is 21.8. The molecular formula is C23H29FN4O2. The topological polar surface area (TPSA) is 55.9 Å². The Morgan fingerprint density at radius 2 is 1.63 bits per heavy atom. The van der Waals surface area contributed by atoms with Gasteiger partial charge in [0.1, 0.15) is 5.82 Å². The molecule has 30 heavy (non-hydrogen) atoms. The highest BCUT2D eigenvalue weighted by Crippen LogP contribution is 2.18. The number of carbonyl (C=O) groups excluding carboxylic acids is 2. The second-order valence-electron chi connectivity index (χ2n) is 7.78. The Bertz CT molecular complexity index is 862. The van der Waals surface area contributed by atoms with Crippen LogP contribution in [-0.4, -0.2) is 67.4 Å². The summed E-state index contributed by atoms with van der Waals surface area (Å²) in [6.07, 6.45) is 0. The zero-order chi connectivity index (χ0) is 21.7. The van der Waals surface area contributed by atoms with Crippen molar-refractivity contribution >= 4 is 23.2 Å². The van der Waals surface area contributed by atoms with Gasteiger partial charge in [0, 0.05) is 44.6 Å². The van der Waals surface area contributed by atoms with Crippen molar-refractivity contribution in [3.8, 4) is 0 Å². The highest BCUT2D eigenvalue weighted by atomic mass is 19.1. The van der Waals surface area contributed by atoms with Gasteiger partial charge in [0.15, 0.2) is 0 Å². The summed E-state index contributed by atoms with van der Waals surface area (Å²) in [6, 6.07) is 13.7. The van der Waals surface area contributed by atoms with Gasteiger partial charge in [-0.05, 0) is 50.2 Å². The summed E-state index contributed by atoms with van der Waals surface area (Å²) in [5.74, 6) is -0.543. The van der Waals surface area contributed by atoms with Crippen molar-refractivity contribution in [1.82, 2.24) is 9.80 Å². The molecule has 1 saturated heterocycles. The number of carbonyl (C=O) groups is 2. The molecular weight excluding hydrogens is 383 g/mol. The lowest BCUT2D eigenvalue weighted by molar-refractivity contribution is -0.137. The second-order valence-corrected chi connectivity index (χ2v) is 7.78. The fourth-order valence-electron chi connectivity index (χ4n) is 3.63. The standard InChI is InChI=1S/C23H29FN4O2/c1-17-4-8-20(9-5-17)25-22(29)16-26(3)23(30)18(2)27-12-14-28(15-13-27)21-10-6-19(24)7-11-21/h4-11,18H,12-16H2,1-3H3,(H,25,29)/t18-/m0/s1. The average Bonchev–Trinajstić information content (AvgIpc) is 2.75. The largest absolute Gasteiger partial charge is 0.369 e. The normalized spacial score (nSPS) is 15.5. The van der Waals surface area contributed by atoms with Gasteiger partial charge in [-0.15, -0.1) is 0 Å². The van der Waals surface area contributed by atoms with Crippen LogP contribution in [0.2, 0.25) is 0 Å². The monoisotopic (exact) mass is 412 g/mol. The molecule has 3 rings (SSSR count). The Hall–Kier alpha value is -2.93. The Kier molecular flexibility index (Phi) is 7.05. The van der Waals surface area contributed by atoms with Crippen molar-refractivity contribution < 1.29 is 14.0 Å². The van der Waals surface area contributed by atoms with E-state index in [2.05, 4.69) is 15.1 Å².